The van der Waals surface area contributed by atoms with Crippen molar-refractivity contribution in [3.8, 4) is 0 Å². The fourth-order valence-electron chi connectivity index (χ4n) is 2.69. The van der Waals surface area contributed by atoms with Crippen molar-refractivity contribution in [2.75, 3.05) is 25.0 Å². The molecule has 1 aromatic rings. The summed E-state index contributed by atoms with van der Waals surface area (Å²) in [6.45, 7) is 2.69. The number of anilines is 1. The van der Waals surface area contributed by atoms with Gasteiger partial charge in [0.1, 0.15) is 0 Å². The van der Waals surface area contributed by atoms with E-state index in [4.69, 9.17) is 5.11 Å². The first-order valence-electron chi connectivity index (χ1n) is 7.32. The van der Waals surface area contributed by atoms with Gasteiger partial charge >= 0.3 is 5.97 Å². The molecule has 0 aromatic heterocycles. The van der Waals surface area contributed by atoms with Gasteiger partial charge in [-0.1, -0.05) is 12.1 Å². The number of piperidine rings is 1. The van der Waals surface area contributed by atoms with Gasteiger partial charge in [-0.05, 0) is 38.4 Å². The van der Waals surface area contributed by atoms with Crippen LogP contribution in [0.1, 0.15) is 30.1 Å². The monoisotopic (exact) mass is 304 g/mol. The fraction of sp³-hybridized carbons (Fsp3) is 0.438. The van der Waals surface area contributed by atoms with Crippen molar-refractivity contribution in [3.05, 3.63) is 29.8 Å². The fourth-order valence-corrected chi connectivity index (χ4v) is 2.69. The number of carboxylic acids is 1. The predicted octanol–water partition coefficient (Wildman–Crippen LogP) is 1.62. The molecule has 2 rings (SSSR count). The summed E-state index contributed by atoms with van der Waals surface area (Å²) in [5, 5.41) is 11.8. The van der Waals surface area contributed by atoms with Crippen LogP contribution in [0.25, 0.3) is 0 Å². The number of carboxylic acid groups (broad SMARTS) is 1. The molecule has 1 aliphatic rings. The van der Waals surface area contributed by atoms with Crippen LogP contribution in [0.15, 0.2) is 24.3 Å². The summed E-state index contributed by atoms with van der Waals surface area (Å²) in [6.07, 6.45) is 1.43. The average molecular weight is 304 g/mol. The third kappa shape index (κ3) is 4.14. The second-order valence-electron chi connectivity index (χ2n) is 5.56. The molecule has 2 N–H and O–H groups in total. The number of likely N-dealkylation sites (tertiary alicyclic amines) is 1. The Morgan fingerprint density at radius 2 is 2.05 bits per heavy atom. The van der Waals surface area contributed by atoms with E-state index in [-0.39, 0.29) is 18.2 Å². The zero-order chi connectivity index (χ0) is 16.1. The molecule has 1 aliphatic heterocycles. The summed E-state index contributed by atoms with van der Waals surface area (Å²) in [5.74, 6) is -1.57. The van der Waals surface area contributed by atoms with Gasteiger partial charge in [-0.25, -0.2) is 0 Å². The maximum absolute atomic E-state index is 12.1. The minimum atomic E-state index is -0.813. The standard InChI is InChI=1S/C16H20N2O4/c1-11(19)13-6-2-3-7-14(13)17-15(20)10-18-8-4-5-12(9-18)16(21)22/h2-3,6-7,12H,4-5,8-10H2,1H3,(H,17,20)(H,21,22). The van der Waals surface area contributed by atoms with E-state index in [0.717, 1.165) is 6.42 Å². The average Bonchev–Trinajstić information content (AvgIpc) is 2.47. The number of benzene rings is 1. The largest absolute Gasteiger partial charge is 0.481 e. The number of carbonyl (C=O) groups is 3. The van der Waals surface area contributed by atoms with Crippen LogP contribution in [0.2, 0.25) is 0 Å². The highest BCUT2D eigenvalue weighted by atomic mass is 16.4. The van der Waals surface area contributed by atoms with Gasteiger partial charge in [-0.2, -0.15) is 0 Å². The van der Waals surface area contributed by atoms with Crippen molar-refractivity contribution in [3.63, 3.8) is 0 Å². The van der Waals surface area contributed by atoms with Gasteiger partial charge in [0, 0.05) is 12.1 Å². The topological polar surface area (TPSA) is 86.7 Å². The van der Waals surface area contributed by atoms with Gasteiger partial charge in [0.15, 0.2) is 5.78 Å². The minimum absolute atomic E-state index is 0.111. The van der Waals surface area contributed by atoms with Gasteiger partial charge in [-0.15, -0.1) is 0 Å². The maximum atomic E-state index is 12.1. The lowest BCUT2D eigenvalue weighted by Gasteiger charge is -2.29. The number of rotatable bonds is 5. The molecule has 6 nitrogen and oxygen atoms in total. The van der Waals surface area contributed by atoms with Crippen LogP contribution in [0.4, 0.5) is 5.69 Å². The Bertz CT molecular complexity index is 585. The smallest absolute Gasteiger partial charge is 0.307 e. The summed E-state index contributed by atoms with van der Waals surface area (Å²) in [6, 6.07) is 6.85. The van der Waals surface area contributed by atoms with E-state index in [1.165, 1.54) is 6.92 Å². The second kappa shape index (κ2) is 7.17. The van der Waals surface area contributed by atoms with Crippen molar-refractivity contribution in [1.29, 1.82) is 0 Å². The molecule has 22 heavy (non-hydrogen) atoms. The lowest BCUT2D eigenvalue weighted by molar-refractivity contribution is -0.144. The second-order valence-corrected chi connectivity index (χ2v) is 5.56. The molecule has 1 fully saturated rings. The molecule has 1 amide bonds. The molecule has 1 heterocycles. The first-order chi connectivity index (χ1) is 10.5. The summed E-state index contributed by atoms with van der Waals surface area (Å²) in [7, 11) is 0. The zero-order valence-electron chi connectivity index (χ0n) is 12.5. The zero-order valence-corrected chi connectivity index (χ0v) is 12.5. The van der Waals surface area contributed by atoms with Crippen molar-refractivity contribution < 1.29 is 19.5 Å². The Morgan fingerprint density at radius 3 is 2.73 bits per heavy atom. The third-order valence-corrected chi connectivity index (χ3v) is 3.80. The summed E-state index contributed by atoms with van der Waals surface area (Å²) < 4.78 is 0. The lowest BCUT2D eigenvalue weighted by atomic mass is 9.98. The SMILES string of the molecule is CC(=O)c1ccccc1NC(=O)CN1CCCC(C(=O)O)C1. The van der Waals surface area contributed by atoms with E-state index >= 15 is 0 Å². The molecule has 0 aliphatic carbocycles. The van der Waals surface area contributed by atoms with E-state index in [1.54, 1.807) is 24.3 Å². The van der Waals surface area contributed by atoms with E-state index in [9.17, 15) is 14.4 Å². The normalized spacial score (nSPS) is 18.7. The van der Waals surface area contributed by atoms with Crippen molar-refractivity contribution >= 4 is 23.3 Å². The van der Waals surface area contributed by atoms with Gasteiger partial charge in [-0.3, -0.25) is 19.3 Å². The highest BCUT2D eigenvalue weighted by Crippen LogP contribution is 2.18. The number of aliphatic carboxylic acids is 1. The number of nitrogens with zero attached hydrogens (tertiary/aromatic N) is 1. The third-order valence-electron chi connectivity index (χ3n) is 3.80. The van der Waals surface area contributed by atoms with Crippen molar-refractivity contribution in [1.82, 2.24) is 4.90 Å². The number of ketones is 1. The molecule has 1 saturated heterocycles. The number of hydrogen-bond donors (Lipinski definition) is 2. The van der Waals surface area contributed by atoms with Crippen LogP contribution < -0.4 is 5.32 Å². The molecule has 1 unspecified atom stereocenters. The van der Waals surface area contributed by atoms with Gasteiger partial charge < -0.3 is 10.4 Å². The predicted molar refractivity (Wildman–Crippen MR) is 81.9 cm³/mol. The summed E-state index contributed by atoms with van der Waals surface area (Å²) >= 11 is 0. The van der Waals surface area contributed by atoms with Gasteiger partial charge in [0.25, 0.3) is 0 Å². The quantitative estimate of drug-likeness (QED) is 0.807. The molecule has 0 radical (unpaired) electrons. The van der Waals surface area contributed by atoms with Crippen LogP contribution >= 0.6 is 0 Å². The molecular weight excluding hydrogens is 284 g/mol. The molecule has 1 atom stereocenters. The number of hydrogen-bond acceptors (Lipinski definition) is 4. The minimum Gasteiger partial charge on any atom is -0.481 e. The van der Waals surface area contributed by atoms with Crippen LogP contribution in [0.5, 0.6) is 0 Å². The van der Waals surface area contributed by atoms with Crippen molar-refractivity contribution in [2.45, 2.75) is 19.8 Å². The number of carbonyl (C=O) groups excluding carboxylic acids is 2. The highest BCUT2D eigenvalue weighted by molar-refractivity contribution is 6.04. The van der Waals surface area contributed by atoms with E-state index in [2.05, 4.69) is 5.32 Å². The molecule has 118 valence electrons. The van der Waals surface area contributed by atoms with Gasteiger partial charge in [0.2, 0.25) is 5.91 Å². The number of nitrogens with one attached hydrogen (secondary N) is 1. The number of para-hydroxylation sites is 1. The first kappa shape index (κ1) is 16.2. The first-order valence-corrected chi connectivity index (χ1v) is 7.32. The van der Waals surface area contributed by atoms with E-state index in [0.29, 0.717) is 30.8 Å². The Kier molecular flexibility index (Phi) is 5.27. The Morgan fingerprint density at radius 1 is 1.32 bits per heavy atom. The summed E-state index contributed by atoms with van der Waals surface area (Å²) in [5.41, 5.74) is 0.963. The molecule has 0 spiro atoms. The molecule has 1 aromatic carbocycles. The van der Waals surface area contributed by atoms with Crippen molar-refractivity contribution in [2.24, 2.45) is 5.92 Å². The molecule has 6 heteroatoms. The Hall–Kier alpha value is -2.21. The van der Waals surface area contributed by atoms with Crippen LogP contribution in [0, 0.1) is 5.92 Å². The van der Waals surface area contributed by atoms with Crippen LogP contribution in [0.3, 0.4) is 0 Å². The molecular formula is C16H20N2O4. The summed E-state index contributed by atoms with van der Waals surface area (Å²) in [4.78, 5) is 36.5. The van der Waals surface area contributed by atoms with E-state index in [1.807, 2.05) is 4.90 Å². The Labute approximate surface area is 129 Å². The number of Topliss-reactive ketones (excluding diaryl/α,β-unsaturated/α-hetero) is 1. The molecule has 0 bridgehead atoms. The number of amides is 1. The van der Waals surface area contributed by atoms with Crippen LogP contribution in [-0.4, -0.2) is 47.3 Å². The van der Waals surface area contributed by atoms with E-state index < -0.39 is 11.9 Å². The maximum Gasteiger partial charge on any atom is 0.307 e. The molecule has 0 saturated carbocycles. The van der Waals surface area contributed by atoms with Crippen LogP contribution in [-0.2, 0) is 9.59 Å². The highest BCUT2D eigenvalue weighted by Gasteiger charge is 2.26. The Balaban J connectivity index is 1.96. The lowest BCUT2D eigenvalue weighted by Crippen LogP contribution is -2.42. The van der Waals surface area contributed by atoms with Gasteiger partial charge in [0.05, 0.1) is 18.2 Å².